The molecule has 5 heterocycles. The van der Waals surface area contributed by atoms with E-state index < -0.39 is 0 Å². The lowest BCUT2D eigenvalue weighted by molar-refractivity contribution is 0.102. The summed E-state index contributed by atoms with van der Waals surface area (Å²) in [7, 11) is 0. The molecule has 2 N–H and O–H groups in total. The Labute approximate surface area is 182 Å². The van der Waals surface area contributed by atoms with E-state index in [1.54, 1.807) is 24.4 Å². The molecule has 1 aromatic carbocycles. The van der Waals surface area contributed by atoms with Crippen molar-refractivity contribution in [3.05, 3.63) is 71.3 Å². The van der Waals surface area contributed by atoms with Crippen molar-refractivity contribution in [1.29, 1.82) is 0 Å². The highest BCUT2D eigenvalue weighted by atomic mass is 19.1. The van der Waals surface area contributed by atoms with Gasteiger partial charge in [-0.1, -0.05) is 6.07 Å². The number of aromatic amines is 1. The number of nitrogens with zero attached hydrogens (tertiary/aromatic N) is 4. The Hall–Kier alpha value is -4.01. The Morgan fingerprint density at radius 1 is 1.19 bits per heavy atom. The van der Waals surface area contributed by atoms with Gasteiger partial charge in [-0.15, -0.1) is 0 Å². The third kappa shape index (κ3) is 3.05. The molecule has 2 aliphatic rings. The molecule has 1 saturated heterocycles. The fourth-order valence-corrected chi connectivity index (χ4v) is 4.49. The van der Waals surface area contributed by atoms with Crippen LogP contribution in [0.5, 0.6) is 5.75 Å². The van der Waals surface area contributed by atoms with Crippen molar-refractivity contribution in [2.24, 2.45) is 0 Å². The normalized spacial score (nSPS) is 17.8. The number of ether oxygens (including phenoxy) is 1. The van der Waals surface area contributed by atoms with Gasteiger partial charge in [0.25, 0.3) is 5.91 Å². The number of aromatic nitrogens is 4. The SMILES string of the molecule is O=C1Nc2ncccc2COc2ccc(F)cc2[C@H]2CCCN2c2n[nH]c3ncc1cc23. The maximum absolute atomic E-state index is 14.3. The predicted octanol–water partition coefficient (Wildman–Crippen LogP) is 3.98. The molecule has 1 atom stereocenters. The van der Waals surface area contributed by atoms with E-state index in [1.165, 1.54) is 18.3 Å². The van der Waals surface area contributed by atoms with Crippen molar-refractivity contribution in [1.82, 2.24) is 20.2 Å². The zero-order valence-electron chi connectivity index (χ0n) is 17.0. The van der Waals surface area contributed by atoms with Crippen molar-refractivity contribution in [2.75, 3.05) is 16.8 Å². The largest absolute Gasteiger partial charge is 0.488 e. The van der Waals surface area contributed by atoms with Gasteiger partial charge in [0.1, 0.15) is 24.0 Å². The number of carbonyl (C=O) groups excluding carboxylic acids is 1. The molecular formula is C23H19FN6O2. The maximum atomic E-state index is 14.3. The second kappa shape index (κ2) is 7.30. The van der Waals surface area contributed by atoms with Gasteiger partial charge in [-0.05, 0) is 43.2 Å². The average molecular weight is 430 g/mol. The Balaban J connectivity index is 1.56. The molecule has 0 saturated carbocycles. The Kier molecular flexibility index (Phi) is 4.27. The minimum Gasteiger partial charge on any atom is -0.488 e. The molecular weight excluding hydrogens is 411 g/mol. The summed E-state index contributed by atoms with van der Waals surface area (Å²) in [4.78, 5) is 23.8. The average Bonchev–Trinajstić information content (AvgIpc) is 3.44. The standard InChI is InChI=1S/C23H19FN6O2/c24-15-5-6-19-16(10-15)18-4-2-8-30(18)22-17-9-14(11-26-21(17)28-29-22)23(31)27-20-13(12-32-19)3-1-7-25-20/h1,3,5-7,9-11,18H,2,4,8,12H2,(H,25,27,31)(H,26,28,29)/t18-/m1/s1. The van der Waals surface area contributed by atoms with Crippen LogP contribution >= 0.6 is 0 Å². The third-order valence-corrected chi connectivity index (χ3v) is 6.02. The van der Waals surface area contributed by atoms with Crippen LogP contribution in [0.4, 0.5) is 16.0 Å². The van der Waals surface area contributed by atoms with E-state index in [-0.39, 0.29) is 24.4 Å². The number of halogens is 1. The molecule has 160 valence electrons. The first-order valence-electron chi connectivity index (χ1n) is 10.5. The first kappa shape index (κ1) is 18.7. The van der Waals surface area contributed by atoms with Crippen LogP contribution < -0.4 is 15.0 Å². The number of amides is 1. The highest BCUT2D eigenvalue weighted by Gasteiger charge is 2.32. The van der Waals surface area contributed by atoms with E-state index in [9.17, 15) is 9.18 Å². The topological polar surface area (TPSA) is 96.0 Å². The van der Waals surface area contributed by atoms with Gasteiger partial charge in [0.2, 0.25) is 0 Å². The molecule has 32 heavy (non-hydrogen) atoms. The second-order valence-corrected chi connectivity index (χ2v) is 7.95. The molecule has 8 nitrogen and oxygen atoms in total. The lowest BCUT2D eigenvalue weighted by atomic mass is 10.0. The van der Waals surface area contributed by atoms with E-state index in [4.69, 9.17) is 4.74 Å². The minimum absolute atomic E-state index is 0.110. The number of hydrogen-bond donors (Lipinski definition) is 2. The van der Waals surface area contributed by atoms with E-state index in [0.29, 0.717) is 28.6 Å². The zero-order valence-corrected chi connectivity index (χ0v) is 17.0. The Bertz CT molecular complexity index is 1350. The lowest BCUT2D eigenvalue weighted by Crippen LogP contribution is -2.24. The molecule has 2 aliphatic heterocycles. The predicted molar refractivity (Wildman–Crippen MR) is 116 cm³/mol. The van der Waals surface area contributed by atoms with Gasteiger partial charge < -0.3 is 15.0 Å². The summed E-state index contributed by atoms with van der Waals surface area (Å²) in [5, 5.41) is 11.0. The van der Waals surface area contributed by atoms with Crippen LogP contribution in [0.2, 0.25) is 0 Å². The molecule has 9 heteroatoms. The van der Waals surface area contributed by atoms with E-state index in [0.717, 1.165) is 35.9 Å². The second-order valence-electron chi connectivity index (χ2n) is 7.95. The molecule has 0 radical (unpaired) electrons. The summed E-state index contributed by atoms with van der Waals surface area (Å²) in [6.45, 7) is 0.934. The van der Waals surface area contributed by atoms with Crippen LogP contribution in [0.25, 0.3) is 11.0 Å². The van der Waals surface area contributed by atoms with E-state index >= 15 is 0 Å². The van der Waals surface area contributed by atoms with Crippen molar-refractivity contribution < 1.29 is 13.9 Å². The maximum Gasteiger partial charge on any atom is 0.258 e. The number of carbonyl (C=O) groups is 1. The highest BCUT2D eigenvalue weighted by Crippen LogP contribution is 2.42. The smallest absolute Gasteiger partial charge is 0.258 e. The number of benzene rings is 1. The third-order valence-electron chi connectivity index (χ3n) is 6.02. The number of rotatable bonds is 0. The summed E-state index contributed by atoms with van der Waals surface area (Å²) >= 11 is 0. The van der Waals surface area contributed by atoms with Crippen LogP contribution in [0.3, 0.4) is 0 Å². The molecule has 6 rings (SSSR count). The van der Waals surface area contributed by atoms with Crippen molar-refractivity contribution in [3.63, 3.8) is 0 Å². The van der Waals surface area contributed by atoms with Crippen LogP contribution in [-0.4, -0.2) is 32.6 Å². The molecule has 0 aliphatic carbocycles. The van der Waals surface area contributed by atoms with Gasteiger partial charge >= 0.3 is 0 Å². The van der Waals surface area contributed by atoms with Crippen LogP contribution in [0, 0.1) is 5.82 Å². The molecule has 4 aromatic rings. The molecule has 3 aromatic heterocycles. The lowest BCUT2D eigenvalue weighted by Gasteiger charge is -2.27. The fourth-order valence-electron chi connectivity index (χ4n) is 4.49. The number of pyridine rings is 2. The van der Waals surface area contributed by atoms with Crippen LogP contribution in [0.15, 0.2) is 48.8 Å². The minimum atomic E-state index is -0.316. The summed E-state index contributed by atoms with van der Waals surface area (Å²) in [5.74, 6) is 1.07. The molecule has 0 unspecified atom stereocenters. The molecule has 0 spiro atoms. The van der Waals surface area contributed by atoms with Crippen molar-refractivity contribution in [3.8, 4) is 5.75 Å². The van der Waals surface area contributed by atoms with Gasteiger partial charge in [-0.2, -0.15) is 5.10 Å². The summed E-state index contributed by atoms with van der Waals surface area (Å²) in [5.41, 5.74) is 2.48. The van der Waals surface area contributed by atoms with E-state index in [2.05, 4.69) is 30.4 Å². The van der Waals surface area contributed by atoms with Crippen LogP contribution in [0.1, 0.15) is 40.4 Å². The zero-order chi connectivity index (χ0) is 21.7. The van der Waals surface area contributed by atoms with Gasteiger partial charge in [0.15, 0.2) is 11.5 Å². The Morgan fingerprint density at radius 3 is 3.06 bits per heavy atom. The fraction of sp³-hybridized carbons (Fsp3) is 0.217. The number of nitrogens with one attached hydrogen (secondary N) is 2. The van der Waals surface area contributed by atoms with Gasteiger partial charge in [-0.3, -0.25) is 9.89 Å². The van der Waals surface area contributed by atoms with Gasteiger partial charge in [0, 0.05) is 30.1 Å². The summed E-state index contributed by atoms with van der Waals surface area (Å²) < 4.78 is 20.4. The quantitative estimate of drug-likeness (QED) is 0.438. The highest BCUT2D eigenvalue weighted by molar-refractivity contribution is 6.06. The van der Waals surface area contributed by atoms with Crippen molar-refractivity contribution in [2.45, 2.75) is 25.5 Å². The van der Waals surface area contributed by atoms with Crippen molar-refractivity contribution >= 4 is 28.6 Å². The number of H-pyrrole nitrogens is 1. The number of fused-ring (bicyclic) bond motifs is 6. The first-order valence-corrected chi connectivity index (χ1v) is 10.5. The number of anilines is 2. The van der Waals surface area contributed by atoms with Gasteiger partial charge in [0.05, 0.1) is 17.0 Å². The van der Waals surface area contributed by atoms with Gasteiger partial charge in [-0.25, -0.2) is 14.4 Å². The summed E-state index contributed by atoms with van der Waals surface area (Å²) in [6, 6.07) is 9.89. The molecule has 1 fully saturated rings. The monoisotopic (exact) mass is 430 g/mol. The summed E-state index contributed by atoms with van der Waals surface area (Å²) in [6.07, 6.45) is 4.88. The van der Waals surface area contributed by atoms with E-state index in [1.807, 2.05) is 6.07 Å². The Morgan fingerprint density at radius 2 is 2.12 bits per heavy atom. The number of hydrogen-bond acceptors (Lipinski definition) is 6. The molecule has 1 amide bonds. The van der Waals surface area contributed by atoms with Crippen LogP contribution in [-0.2, 0) is 6.61 Å². The first-order chi connectivity index (χ1) is 15.7. The molecule has 2 bridgehead atoms.